The van der Waals surface area contributed by atoms with Gasteiger partial charge in [0.2, 0.25) is 0 Å². The van der Waals surface area contributed by atoms with Crippen molar-refractivity contribution >= 4 is 11.0 Å². The molecule has 2 rings (SSSR count). The van der Waals surface area contributed by atoms with Gasteiger partial charge in [-0.1, -0.05) is 20.8 Å². The fraction of sp³-hybridized carbons (Fsp3) is 0.385. The number of aryl methyl sites for hydroxylation is 1. The third-order valence-corrected chi connectivity index (χ3v) is 1.70. The van der Waals surface area contributed by atoms with Gasteiger partial charge in [0.25, 0.3) is 0 Å². The first-order valence-corrected chi connectivity index (χ1v) is 5.14. The minimum Gasteiger partial charge on any atom is -0.464 e. The van der Waals surface area contributed by atoms with Gasteiger partial charge in [-0.05, 0) is 36.6 Å². The van der Waals surface area contributed by atoms with E-state index in [9.17, 15) is 4.39 Å². The fourth-order valence-corrected chi connectivity index (χ4v) is 1.22. The lowest BCUT2D eigenvalue weighted by Gasteiger charge is -1.93. The lowest BCUT2D eigenvalue weighted by Crippen LogP contribution is -1.77. The van der Waals surface area contributed by atoms with Crippen molar-refractivity contribution in [1.29, 1.82) is 0 Å². The molecule has 0 radical (unpaired) electrons. The first-order chi connectivity index (χ1) is 7.00. The smallest absolute Gasteiger partial charge is 0.136 e. The van der Waals surface area contributed by atoms with Gasteiger partial charge in [0.05, 0.1) is 6.26 Å². The molecule has 0 aliphatic heterocycles. The van der Waals surface area contributed by atoms with Crippen molar-refractivity contribution in [3.05, 3.63) is 35.8 Å². The topological polar surface area (TPSA) is 13.1 Å². The first-order valence-electron chi connectivity index (χ1n) is 5.14. The second kappa shape index (κ2) is 4.96. The minimum absolute atomic E-state index is 0.212. The Kier molecular flexibility index (Phi) is 3.89. The molecule has 0 amide bonds. The van der Waals surface area contributed by atoms with Crippen molar-refractivity contribution in [2.24, 2.45) is 5.92 Å². The molecule has 2 heteroatoms. The van der Waals surface area contributed by atoms with Crippen molar-refractivity contribution in [3.63, 3.8) is 0 Å². The fourth-order valence-electron chi connectivity index (χ4n) is 1.22. The minimum atomic E-state index is -0.212. The first kappa shape index (κ1) is 11.8. The zero-order valence-corrected chi connectivity index (χ0v) is 9.67. The highest BCUT2D eigenvalue weighted by molar-refractivity contribution is 5.80. The molecule has 1 aromatic carbocycles. The normalized spacial score (nSPS) is 10.3. The van der Waals surface area contributed by atoms with E-state index in [1.807, 2.05) is 6.92 Å². The molecule has 0 unspecified atom stereocenters. The van der Waals surface area contributed by atoms with Crippen LogP contribution in [-0.4, -0.2) is 0 Å². The van der Waals surface area contributed by atoms with Gasteiger partial charge in [-0.3, -0.25) is 0 Å². The van der Waals surface area contributed by atoms with E-state index in [0.717, 1.165) is 22.5 Å². The van der Waals surface area contributed by atoms with Crippen LogP contribution in [0, 0.1) is 18.7 Å². The summed E-state index contributed by atoms with van der Waals surface area (Å²) < 4.78 is 17.9. The van der Waals surface area contributed by atoms with Crippen molar-refractivity contribution in [3.8, 4) is 0 Å². The monoisotopic (exact) mass is 208 g/mol. The number of benzene rings is 1. The van der Waals surface area contributed by atoms with Crippen molar-refractivity contribution in [2.75, 3.05) is 0 Å². The molecule has 0 aliphatic rings. The number of halogens is 1. The van der Waals surface area contributed by atoms with E-state index >= 15 is 0 Å². The summed E-state index contributed by atoms with van der Waals surface area (Å²) in [5, 5.41) is 0.822. The van der Waals surface area contributed by atoms with E-state index < -0.39 is 0 Å². The molecule has 0 bridgehead atoms. The average molecular weight is 208 g/mol. The molecule has 1 heterocycles. The molecule has 1 nitrogen and oxygen atoms in total. The summed E-state index contributed by atoms with van der Waals surface area (Å²) in [5.41, 5.74) is 1.61. The molecular weight excluding hydrogens is 191 g/mol. The SMILES string of the molecule is CC(C)C.Cc1cc(F)cc2ccoc12. The number of rotatable bonds is 0. The van der Waals surface area contributed by atoms with E-state index in [4.69, 9.17) is 4.42 Å². The predicted molar refractivity (Wildman–Crippen MR) is 61.4 cm³/mol. The summed E-state index contributed by atoms with van der Waals surface area (Å²) in [5.74, 6) is 0.622. The summed E-state index contributed by atoms with van der Waals surface area (Å²) in [4.78, 5) is 0. The Bertz CT molecular complexity index is 426. The maximum absolute atomic E-state index is 12.7. The molecule has 0 spiro atoms. The lowest BCUT2D eigenvalue weighted by molar-refractivity contribution is 0.606. The summed E-state index contributed by atoms with van der Waals surface area (Å²) in [6.45, 7) is 8.33. The van der Waals surface area contributed by atoms with Gasteiger partial charge in [-0.2, -0.15) is 0 Å². The van der Waals surface area contributed by atoms with Crippen LogP contribution < -0.4 is 0 Å². The number of hydrogen-bond acceptors (Lipinski definition) is 1. The van der Waals surface area contributed by atoms with Crippen molar-refractivity contribution < 1.29 is 8.81 Å². The second-order valence-electron chi connectivity index (χ2n) is 4.29. The standard InChI is InChI=1S/C9H7FO.C4H10/c1-6-4-8(10)5-7-2-3-11-9(6)7;1-4(2)3/h2-5H,1H3;4H,1-3H3. The van der Waals surface area contributed by atoms with Crippen LogP contribution in [-0.2, 0) is 0 Å². The summed E-state index contributed by atoms with van der Waals surface area (Å²) in [7, 11) is 0. The zero-order chi connectivity index (χ0) is 11.4. The Morgan fingerprint density at radius 3 is 2.40 bits per heavy atom. The molecule has 0 saturated heterocycles. The molecule has 0 saturated carbocycles. The van der Waals surface area contributed by atoms with Gasteiger partial charge < -0.3 is 4.42 Å². The van der Waals surface area contributed by atoms with Crippen LogP contribution in [0.2, 0.25) is 0 Å². The maximum atomic E-state index is 12.7. The molecular formula is C13H17FO. The largest absolute Gasteiger partial charge is 0.464 e. The van der Waals surface area contributed by atoms with Crippen molar-refractivity contribution in [2.45, 2.75) is 27.7 Å². The van der Waals surface area contributed by atoms with Crippen LogP contribution in [0.3, 0.4) is 0 Å². The van der Waals surface area contributed by atoms with Gasteiger partial charge in [0.1, 0.15) is 11.4 Å². The van der Waals surface area contributed by atoms with E-state index in [-0.39, 0.29) is 5.82 Å². The Morgan fingerprint density at radius 1 is 1.20 bits per heavy atom. The third-order valence-electron chi connectivity index (χ3n) is 1.70. The quantitative estimate of drug-likeness (QED) is 0.619. The Balaban J connectivity index is 0.000000245. The van der Waals surface area contributed by atoms with E-state index in [1.54, 1.807) is 12.3 Å². The molecule has 0 aliphatic carbocycles. The lowest BCUT2D eigenvalue weighted by atomic mass is 10.2. The summed E-state index contributed by atoms with van der Waals surface area (Å²) in [6, 6.07) is 4.68. The van der Waals surface area contributed by atoms with Gasteiger partial charge >= 0.3 is 0 Å². The van der Waals surface area contributed by atoms with Crippen molar-refractivity contribution in [1.82, 2.24) is 0 Å². The Hall–Kier alpha value is -1.31. The Morgan fingerprint density at radius 2 is 1.80 bits per heavy atom. The molecule has 0 N–H and O–H groups in total. The van der Waals surface area contributed by atoms with Gasteiger partial charge in [-0.25, -0.2) is 4.39 Å². The number of furan rings is 1. The number of hydrogen-bond donors (Lipinski definition) is 0. The second-order valence-corrected chi connectivity index (χ2v) is 4.29. The Labute approximate surface area is 89.9 Å². The number of fused-ring (bicyclic) bond motifs is 1. The maximum Gasteiger partial charge on any atom is 0.136 e. The van der Waals surface area contributed by atoms with E-state index in [0.29, 0.717) is 0 Å². The molecule has 15 heavy (non-hydrogen) atoms. The predicted octanol–water partition coefficient (Wildman–Crippen LogP) is 4.54. The highest BCUT2D eigenvalue weighted by Crippen LogP contribution is 2.20. The molecule has 0 fully saturated rings. The van der Waals surface area contributed by atoms with Crippen LogP contribution in [0.1, 0.15) is 26.3 Å². The van der Waals surface area contributed by atoms with Gasteiger partial charge in [-0.15, -0.1) is 0 Å². The molecule has 2 aromatic rings. The van der Waals surface area contributed by atoms with Crippen LogP contribution in [0.25, 0.3) is 11.0 Å². The van der Waals surface area contributed by atoms with Crippen LogP contribution in [0.5, 0.6) is 0 Å². The van der Waals surface area contributed by atoms with E-state index in [2.05, 4.69) is 20.8 Å². The highest BCUT2D eigenvalue weighted by Gasteiger charge is 2.01. The van der Waals surface area contributed by atoms with Crippen LogP contribution >= 0.6 is 0 Å². The van der Waals surface area contributed by atoms with Crippen LogP contribution in [0.4, 0.5) is 4.39 Å². The van der Waals surface area contributed by atoms with E-state index in [1.165, 1.54) is 12.1 Å². The highest BCUT2D eigenvalue weighted by atomic mass is 19.1. The van der Waals surface area contributed by atoms with Gasteiger partial charge in [0.15, 0.2) is 0 Å². The molecule has 1 aromatic heterocycles. The third kappa shape index (κ3) is 3.39. The molecule has 82 valence electrons. The summed E-state index contributed by atoms with van der Waals surface area (Å²) in [6.07, 6.45) is 1.57. The van der Waals surface area contributed by atoms with Crippen LogP contribution in [0.15, 0.2) is 28.9 Å². The average Bonchev–Trinajstić information content (AvgIpc) is 2.50. The zero-order valence-electron chi connectivity index (χ0n) is 9.67. The van der Waals surface area contributed by atoms with Gasteiger partial charge in [0, 0.05) is 5.39 Å². The summed E-state index contributed by atoms with van der Waals surface area (Å²) >= 11 is 0. The molecule has 0 atom stereocenters.